The van der Waals surface area contributed by atoms with Crippen LogP contribution in [0.1, 0.15) is 36.0 Å². The summed E-state index contributed by atoms with van der Waals surface area (Å²) in [5.74, 6) is -1.28. The van der Waals surface area contributed by atoms with Crippen molar-refractivity contribution in [2.24, 2.45) is 0 Å². The Morgan fingerprint density at radius 1 is 1.12 bits per heavy atom. The summed E-state index contributed by atoms with van der Waals surface area (Å²) >= 11 is 5.68. The molecule has 0 aromatic heterocycles. The molecular weight excluding hydrogens is 379 g/mol. The number of anilines is 1. The molecule has 1 amide bonds. The first kappa shape index (κ1) is 18.8. The lowest BCUT2D eigenvalue weighted by atomic mass is 10.2. The lowest BCUT2D eigenvalue weighted by molar-refractivity contribution is 0.102. The Hall–Kier alpha value is -1.96. The van der Waals surface area contributed by atoms with Crippen LogP contribution in [-0.2, 0) is 10.0 Å². The van der Waals surface area contributed by atoms with E-state index in [1.54, 1.807) is 0 Å². The highest BCUT2D eigenvalue weighted by Crippen LogP contribution is 2.22. The highest BCUT2D eigenvalue weighted by Gasteiger charge is 2.23. The number of rotatable bonds is 5. The molecule has 8 heteroatoms. The first-order valence-electron chi connectivity index (χ1n) is 8.24. The molecule has 138 valence electrons. The van der Waals surface area contributed by atoms with Crippen LogP contribution < -0.4 is 10.0 Å². The van der Waals surface area contributed by atoms with E-state index in [4.69, 9.17) is 11.6 Å². The number of hydrogen-bond acceptors (Lipinski definition) is 3. The van der Waals surface area contributed by atoms with Crippen molar-refractivity contribution < 1.29 is 17.6 Å². The average Bonchev–Trinajstić information content (AvgIpc) is 3.09. The van der Waals surface area contributed by atoms with Gasteiger partial charge >= 0.3 is 0 Å². The molecule has 3 rings (SSSR count). The minimum absolute atomic E-state index is 0.00799. The van der Waals surface area contributed by atoms with E-state index < -0.39 is 21.7 Å². The van der Waals surface area contributed by atoms with Gasteiger partial charge in [0, 0.05) is 16.6 Å². The van der Waals surface area contributed by atoms with E-state index >= 15 is 0 Å². The third-order valence-corrected chi connectivity index (χ3v) is 6.02. The molecule has 0 aliphatic heterocycles. The first-order valence-corrected chi connectivity index (χ1v) is 10.1. The lowest BCUT2D eigenvalue weighted by Gasteiger charge is -2.13. The Balaban J connectivity index is 1.78. The van der Waals surface area contributed by atoms with Crippen molar-refractivity contribution in [3.8, 4) is 0 Å². The molecule has 1 aliphatic rings. The minimum Gasteiger partial charge on any atom is -0.319 e. The van der Waals surface area contributed by atoms with Crippen LogP contribution in [0.2, 0.25) is 5.02 Å². The van der Waals surface area contributed by atoms with Gasteiger partial charge in [0.1, 0.15) is 5.82 Å². The number of benzene rings is 2. The molecule has 26 heavy (non-hydrogen) atoms. The van der Waals surface area contributed by atoms with E-state index in [1.165, 1.54) is 36.4 Å². The van der Waals surface area contributed by atoms with Crippen LogP contribution in [-0.4, -0.2) is 20.4 Å². The third-order valence-electron chi connectivity index (χ3n) is 4.26. The number of amides is 1. The number of carbonyl (C=O) groups is 1. The molecule has 0 heterocycles. The third kappa shape index (κ3) is 4.41. The fraction of sp³-hybridized carbons (Fsp3) is 0.278. The molecule has 0 radical (unpaired) electrons. The second kappa shape index (κ2) is 7.73. The van der Waals surface area contributed by atoms with Gasteiger partial charge in [-0.15, -0.1) is 0 Å². The van der Waals surface area contributed by atoms with Gasteiger partial charge in [-0.05, 0) is 49.2 Å². The molecule has 1 aliphatic carbocycles. The maximum Gasteiger partial charge on any atom is 0.255 e. The Morgan fingerprint density at radius 3 is 2.54 bits per heavy atom. The van der Waals surface area contributed by atoms with E-state index in [2.05, 4.69) is 10.0 Å². The Kier molecular flexibility index (Phi) is 5.60. The predicted octanol–water partition coefficient (Wildman–Crippen LogP) is 3.95. The van der Waals surface area contributed by atoms with Crippen LogP contribution in [0.25, 0.3) is 0 Å². The number of sulfonamides is 1. The summed E-state index contributed by atoms with van der Waals surface area (Å²) in [5.41, 5.74) is 0.0883. The molecule has 0 bridgehead atoms. The second-order valence-corrected chi connectivity index (χ2v) is 8.36. The molecule has 2 aromatic carbocycles. The van der Waals surface area contributed by atoms with Gasteiger partial charge in [-0.1, -0.05) is 30.5 Å². The molecule has 0 atom stereocenters. The molecule has 0 saturated heterocycles. The van der Waals surface area contributed by atoms with Gasteiger partial charge in [0.25, 0.3) is 5.91 Å². The summed E-state index contributed by atoms with van der Waals surface area (Å²) in [6.45, 7) is 0. The molecule has 0 unspecified atom stereocenters. The lowest BCUT2D eigenvalue weighted by Crippen LogP contribution is -2.32. The summed E-state index contributed by atoms with van der Waals surface area (Å²) in [5, 5.41) is 2.63. The molecule has 5 nitrogen and oxygen atoms in total. The van der Waals surface area contributed by atoms with Gasteiger partial charge in [-0.3, -0.25) is 4.79 Å². The van der Waals surface area contributed by atoms with Crippen molar-refractivity contribution in [2.45, 2.75) is 36.6 Å². The zero-order valence-corrected chi connectivity index (χ0v) is 15.4. The normalized spacial score (nSPS) is 15.2. The van der Waals surface area contributed by atoms with Crippen molar-refractivity contribution in [3.05, 3.63) is 58.9 Å². The minimum atomic E-state index is -3.71. The Bertz CT molecular complexity index is 928. The van der Waals surface area contributed by atoms with Crippen LogP contribution in [0.4, 0.5) is 10.1 Å². The second-order valence-electron chi connectivity index (χ2n) is 6.21. The van der Waals surface area contributed by atoms with Gasteiger partial charge in [0.05, 0.1) is 10.6 Å². The van der Waals surface area contributed by atoms with Crippen molar-refractivity contribution in [1.82, 2.24) is 4.72 Å². The SMILES string of the molecule is O=C(Nc1ccc(Cl)cc1F)c1cccc(S(=O)(=O)NC2CCCC2)c1. The topological polar surface area (TPSA) is 75.3 Å². The van der Waals surface area contributed by atoms with E-state index in [-0.39, 0.29) is 27.2 Å². The molecule has 0 spiro atoms. The quantitative estimate of drug-likeness (QED) is 0.803. The van der Waals surface area contributed by atoms with Gasteiger partial charge in [-0.25, -0.2) is 17.5 Å². The van der Waals surface area contributed by atoms with Crippen molar-refractivity contribution in [1.29, 1.82) is 0 Å². The van der Waals surface area contributed by atoms with Crippen LogP contribution in [0.5, 0.6) is 0 Å². The largest absolute Gasteiger partial charge is 0.319 e. The fourth-order valence-electron chi connectivity index (χ4n) is 2.92. The maximum atomic E-state index is 13.8. The number of carbonyl (C=O) groups excluding carboxylic acids is 1. The molecule has 1 saturated carbocycles. The van der Waals surface area contributed by atoms with Crippen molar-refractivity contribution in [3.63, 3.8) is 0 Å². The monoisotopic (exact) mass is 396 g/mol. The number of hydrogen-bond donors (Lipinski definition) is 2. The van der Waals surface area contributed by atoms with E-state index in [1.807, 2.05) is 0 Å². The van der Waals surface area contributed by atoms with Gasteiger partial charge in [0.2, 0.25) is 10.0 Å². The standard InChI is InChI=1S/C18H18ClFN2O3S/c19-13-8-9-17(16(20)11-13)21-18(23)12-4-3-7-15(10-12)26(24,25)22-14-5-1-2-6-14/h3-4,7-11,14,22H,1-2,5-6H2,(H,21,23). The Labute approximate surface area is 156 Å². The predicted molar refractivity (Wildman–Crippen MR) is 98.4 cm³/mol. The van der Waals surface area contributed by atoms with Crippen LogP contribution in [0, 0.1) is 5.82 Å². The van der Waals surface area contributed by atoms with Crippen LogP contribution in [0.15, 0.2) is 47.4 Å². The zero-order chi connectivity index (χ0) is 18.7. The van der Waals surface area contributed by atoms with Crippen molar-refractivity contribution in [2.75, 3.05) is 5.32 Å². The van der Waals surface area contributed by atoms with E-state index in [0.717, 1.165) is 31.7 Å². The summed E-state index contributed by atoms with van der Waals surface area (Å²) < 4.78 is 41.5. The summed E-state index contributed by atoms with van der Waals surface area (Å²) in [7, 11) is -3.71. The average molecular weight is 397 g/mol. The van der Waals surface area contributed by atoms with Gasteiger partial charge in [-0.2, -0.15) is 0 Å². The first-order chi connectivity index (χ1) is 12.3. The number of halogens is 2. The fourth-order valence-corrected chi connectivity index (χ4v) is 4.43. The van der Waals surface area contributed by atoms with Gasteiger partial charge in [0.15, 0.2) is 0 Å². The van der Waals surface area contributed by atoms with Gasteiger partial charge < -0.3 is 5.32 Å². The Morgan fingerprint density at radius 2 is 1.85 bits per heavy atom. The molecule has 1 fully saturated rings. The molecule has 2 aromatic rings. The molecular formula is C18H18ClFN2O3S. The summed E-state index contributed by atoms with van der Waals surface area (Å²) in [6, 6.07) is 9.47. The molecule has 2 N–H and O–H groups in total. The van der Waals surface area contributed by atoms with Crippen molar-refractivity contribution >= 4 is 33.2 Å². The zero-order valence-electron chi connectivity index (χ0n) is 13.8. The maximum absolute atomic E-state index is 13.8. The number of nitrogens with one attached hydrogen (secondary N) is 2. The van der Waals surface area contributed by atoms with Crippen LogP contribution >= 0.6 is 11.6 Å². The van der Waals surface area contributed by atoms with E-state index in [9.17, 15) is 17.6 Å². The summed E-state index contributed by atoms with van der Waals surface area (Å²) in [4.78, 5) is 12.4. The van der Waals surface area contributed by atoms with Crippen LogP contribution in [0.3, 0.4) is 0 Å². The highest BCUT2D eigenvalue weighted by atomic mass is 35.5. The smallest absolute Gasteiger partial charge is 0.255 e. The highest BCUT2D eigenvalue weighted by molar-refractivity contribution is 7.89. The summed E-state index contributed by atoms with van der Waals surface area (Å²) in [6.07, 6.45) is 3.63. The van der Waals surface area contributed by atoms with E-state index in [0.29, 0.717) is 0 Å².